The molecule has 7 heteroatoms. The van der Waals surface area contributed by atoms with Gasteiger partial charge in [-0.15, -0.1) is 0 Å². The highest BCUT2D eigenvalue weighted by Gasteiger charge is 2.27. The van der Waals surface area contributed by atoms with Crippen LogP contribution in [0.25, 0.3) is 107 Å². The first-order valence-electron chi connectivity index (χ1n) is 23.0. The largest absolute Gasteiger partial charge is 0.308 e. The van der Waals surface area contributed by atoms with Crippen molar-refractivity contribution < 1.29 is 0 Å². The Balaban J connectivity index is 1.20. The lowest BCUT2D eigenvalue weighted by atomic mass is 9.89. The maximum absolute atomic E-state index is 5.43. The van der Waals surface area contributed by atoms with E-state index in [1.54, 1.807) is 0 Å². The molecule has 2 unspecified atom stereocenters. The zero-order valence-electron chi connectivity index (χ0n) is 37.2. The molecule has 1 aliphatic carbocycles. The Kier molecular flexibility index (Phi) is 10.4. The van der Waals surface area contributed by atoms with Gasteiger partial charge in [0.05, 0.1) is 16.7 Å². The summed E-state index contributed by atoms with van der Waals surface area (Å²) in [6, 6.07) is 71.4. The number of rotatable bonds is 9. The number of hydrogen-bond donors (Lipinski definition) is 0. The van der Waals surface area contributed by atoms with Crippen molar-refractivity contribution in [3.8, 4) is 84.9 Å². The summed E-state index contributed by atoms with van der Waals surface area (Å²) in [5, 5.41) is 2.22. The van der Waals surface area contributed by atoms with Crippen LogP contribution >= 0.6 is 0 Å². The van der Waals surface area contributed by atoms with E-state index in [2.05, 4.69) is 163 Å². The molecule has 0 bridgehead atoms. The number of nitrogens with zero attached hydrogens (tertiary/aromatic N) is 7. The van der Waals surface area contributed by atoms with Gasteiger partial charge in [-0.1, -0.05) is 201 Å². The van der Waals surface area contributed by atoms with Crippen molar-refractivity contribution in [1.82, 2.24) is 34.5 Å². The Morgan fingerprint density at radius 2 is 0.721 bits per heavy atom. The van der Waals surface area contributed by atoms with Crippen LogP contribution in [0.15, 0.2) is 231 Å². The zero-order valence-corrected chi connectivity index (χ0v) is 37.2. The van der Waals surface area contributed by atoms with Crippen LogP contribution in [0.1, 0.15) is 18.7 Å². The lowest BCUT2D eigenvalue weighted by molar-refractivity contribution is 0.600. The molecule has 1 aliphatic rings. The van der Waals surface area contributed by atoms with Crippen LogP contribution in [0, 0.1) is 5.92 Å². The van der Waals surface area contributed by atoms with Crippen LogP contribution < -0.4 is 0 Å². The quantitative estimate of drug-likeness (QED) is 0.144. The predicted octanol–water partition coefficient (Wildman–Crippen LogP) is 14.7. The monoisotopic (exact) mass is 873 g/mol. The standard InChI is InChI=1S/C61H43N7/c1-40-20-17-18-31-48(40)59-63-58(45-29-15-6-16-30-45)66-61(67-59)50-33-19-32-49(60-64-56(43-25-11-4-12-26-43)62-57(65-60)44-27-13-5-14-28-44)55(50)68-53-36-34-46(41-21-7-2-8-22-41)38-51(53)52-39-47(35-37-54(52)68)42-23-9-3-10-24-42/h2-40,48H,1H3. The van der Waals surface area contributed by atoms with E-state index in [9.17, 15) is 0 Å². The molecule has 2 atom stereocenters. The van der Waals surface area contributed by atoms with E-state index in [1.807, 2.05) is 78.9 Å². The first kappa shape index (κ1) is 40.6. The number of allylic oxidation sites excluding steroid dienone is 4. The third-order valence-corrected chi connectivity index (χ3v) is 12.8. The molecule has 0 amide bonds. The molecule has 0 radical (unpaired) electrons. The molecular formula is C61H43N7. The average molecular weight is 874 g/mol. The highest BCUT2D eigenvalue weighted by Crippen LogP contribution is 2.43. The minimum absolute atomic E-state index is 0.0534. The fourth-order valence-corrected chi connectivity index (χ4v) is 9.38. The van der Waals surface area contributed by atoms with Gasteiger partial charge in [0.25, 0.3) is 0 Å². The van der Waals surface area contributed by atoms with E-state index in [0.717, 1.165) is 77.6 Å². The van der Waals surface area contributed by atoms with E-state index in [1.165, 1.54) is 0 Å². The molecule has 0 saturated heterocycles. The molecule has 0 saturated carbocycles. The highest BCUT2D eigenvalue weighted by atomic mass is 15.1. The molecule has 8 aromatic carbocycles. The van der Waals surface area contributed by atoms with Crippen LogP contribution in [-0.2, 0) is 0 Å². The van der Waals surface area contributed by atoms with E-state index in [4.69, 9.17) is 29.9 Å². The Morgan fingerprint density at radius 1 is 0.338 bits per heavy atom. The van der Waals surface area contributed by atoms with Gasteiger partial charge in [-0.2, -0.15) is 0 Å². The summed E-state index contributed by atoms with van der Waals surface area (Å²) in [6.07, 6.45) is 8.59. The molecule has 7 nitrogen and oxygen atoms in total. The second kappa shape index (κ2) is 17.5. The molecule has 3 aromatic heterocycles. The first-order chi connectivity index (χ1) is 33.6. The normalized spacial score (nSPS) is 14.4. The predicted molar refractivity (Wildman–Crippen MR) is 276 cm³/mol. The number of aromatic nitrogens is 7. The summed E-state index contributed by atoms with van der Waals surface area (Å²) in [4.78, 5) is 31.8. The summed E-state index contributed by atoms with van der Waals surface area (Å²) in [5.74, 6) is 3.67. The van der Waals surface area contributed by atoms with Crippen LogP contribution in [-0.4, -0.2) is 34.5 Å². The fourth-order valence-electron chi connectivity index (χ4n) is 9.38. The number of hydrogen-bond acceptors (Lipinski definition) is 6. The van der Waals surface area contributed by atoms with Gasteiger partial charge in [0.15, 0.2) is 29.1 Å². The molecule has 12 rings (SSSR count). The minimum atomic E-state index is -0.0534. The van der Waals surface area contributed by atoms with Crippen molar-refractivity contribution >= 4 is 21.8 Å². The first-order valence-corrected chi connectivity index (χ1v) is 23.0. The Labute approximate surface area is 394 Å². The van der Waals surface area contributed by atoms with Gasteiger partial charge in [-0.05, 0) is 64.6 Å². The smallest absolute Gasteiger partial charge is 0.166 e. The van der Waals surface area contributed by atoms with Crippen LogP contribution in [0.2, 0.25) is 0 Å². The van der Waals surface area contributed by atoms with Gasteiger partial charge in [0.2, 0.25) is 0 Å². The third kappa shape index (κ3) is 7.56. The molecule has 0 spiro atoms. The Hall–Kier alpha value is -8.94. The average Bonchev–Trinajstić information content (AvgIpc) is 3.74. The van der Waals surface area contributed by atoms with E-state index >= 15 is 0 Å². The lowest BCUT2D eigenvalue weighted by Gasteiger charge is -2.21. The van der Waals surface area contributed by atoms with Crippen LogP contribution in [0.4, 0.5) is 0 Å². The van der Waals surface area contributed by atoms with Gasteiger partial charge in [0, 0.05) is 44.5 Å². The van der Waals surface area contributed by atoms with Gasteiger partial charge in [0.1, 0.15) is 5.82 Å². The Bertz CT molecular complexity index is 3530. The molecule has 0 fully saturated rings. The van der Waals surface area contributed by atoms with Gasteiger partial charge >= 0.3 is 0 Å². The SMILES string of the molecule is CC1C=CC=CC1c1nc(-c2ccccc2)nc(-c2cccc(-c3nc(-c4ccccc4)nc(-c4ccccc4)n3)c2-n2c3ccc(-c4ccccc4)cc3c3cc(-c4ccccc4)ccc32)n1. The van der Waals surface area contributed by atoms with E-state index < -0.39 is 0 Å². The number of fused-ring (bicyclic) bond motifs is 3. The summed E-state index contributed by atoms with van der Waals surface area (Å²) in [5.41, 5.74) is 11.8. The summed E-state index contributed by atoms with van der Waals surface area (Å²) in [7, 11) is 0. The van der Waals surface area contributed by atoms with Crippen molar-refractivity contribution in [1.29, 1.82) is 0 Å². The second-order valence-electron chi connectivity index (χ2n) is 17.1. The second-order valence-corrected chi connectivity index (χ2v) is 17.1. The molecule has 11 aromatic rings. The number of benzene rings is 8. The van der Waals surface area contributed by atoms with Crippen molar-refractivity contribution in [2.75, 3.05) is 0 Å². The topological polar surface area (TPSA) is 82.3 Å². The summed E-state index contributed by atoms with van der Waals surface area (Å²) >= 11 is 0. The van der Waals surface area contributed by atoms with Gasteiger partial charge < -0.3 is 4.57 Å². The molecular weight excluding hydrogens is 831 g/mol. The zero-order chi connectivity index (χ0) is 45.4. The van der Waals surface area contributed by atoms with Gasteiger partial charge in [-0.3, -0.25) is 0 Å². The molecule has 3 heterocycles. The number of para-hydroxylation sites is 1. The van der Waals surface area contributed by atoms with Crippen molar-refractivity contribution in [3.63, 3.8) is 0 Å². The minimum Gasteiger partial charge on any atom is -0.308 e. The Morgan fingerprint density at radius 3 is 1.18 bits per heavy atom. The molecule has 0 N–H and O–H groups in total. The van der Waals surface area contributed by atoms with Crippen molar-refractivity contribution in [2.45, 2.75) is 12.8 Å². The van der Waals surface area contributed by atoms with Crippen molar-refractivity contribution in [2.24, 2.45) is 5.92 Å². The fraction of sp³-hybridized carbons (Fsp3) is 0.0492. The summed E-state index contributed by atoms with van der Waals surface area (Å²) < 4.78 is 2.37. The maximum Gasteiger partial charge on any atom is 0.166 e. The third-order valence-electron chi connectivity index (χ3n) is 12.8. The highest BCUT2D eigenvalue weighted by molar-refractivity contribution is 6.12. The van der Waals surface area contributed by atoms with E-state index in [-0.39, 0.29) is 11.8 Å². The van der Waals surface area contributed by atoms with Crippen molar-refractivity contribution in [3.05, 3.63) is 236 Å². The molecule has 0 aliphatic heterocycles. The maximum atomic E-state index is 5.43. The molecule has 322 valence electrons. The van der Waals surface area contributed by atoms with Crippen LogP contribution in [0.3, 0.4) is 0 Å². The van der Waals surface area contributed by atoms with Gasteiger partial charge in [-0.25, -0.2) is 29.9 Å². The van der Waals surface area contributed by atoms with Crippen LogP contribution in [0.5, 0.6) is 0 Å². The lowest BCUT2D eigenvalue weighted by Crippen LogP contribution is -2.14. The van der Waals surface area contributed by atoms with E-state index in [0.29, 0.717) is 34.9 Å². The molecule has 68 heavy (non-hydrogen) atoms. The summed E-state index contributed by atoms with van der Waals surface area (Å²) in [6.45, 7) is 2.21.